The Morgan fingerprint density at radius 2 is 2.06 bits per heavy atom. The van der Waals surface area contributed by atoms with Crippen LogP contribution in [-0.4, -0.2) is 16.7 Å². The lowest BCUT2D eigenvalue weighted by Gasteiger charge is -2.07. The first-order valence-corrected chi connectivity index (χ1v) is 5.67. The molecular formula is C14H15N3O. The first-order valence-electron chi connectivity index (χ1n) is 5.67. The molecule has 1 aromatic carbocycles. The van der Waals surface area contributed by atoms with Gasteiger partial charge in [-0.05, 0) is 26.0 Å². The first-order chi connectivity index (χ1) is 8.58. The van der Waals surface area contributed by atoms with Crippen molar-refractivity contribution in [3.63, 3.8) is 0 Å². The van der Waals surface area contributed by atoms with Crippen molar-refractivity contribution in [1.82, 2.24) is 9.55 Å². The number of ether oxygens (including phenoxy) is 1. The Kier molecular flexibility index (Phi) is 3.07. The molecule has 2 rings (SSSR count). The van der Waals surface area contributed by atoms with Crippen molar-refractivity contribution in [1.29, 1.82) is 5.26 Å². The molecule has 0 N–H and O–H groups in total. The van der Waals surface area contributed by atoms with Crippen molar-refractivity contribution < 1.29 is 4.74 Å². The molecule has 0 aliphatic heterocycles. The zero-order chi connectivity index (χ0) is 13.3. The maximum absolute atomic E-state index is 9.26. The number of nitriles is 1. The first kappa shape index (κ1) is 12.2. The predicted octanol–water partition coefficient (Wildman–Crippen LogP) is 2.58. The van der Waals surface area contributed by atoms with Crippen LogP contribution in [0.4, 0.5) is 0 Å². The lowest BCUT2D eigenvalue weighted by atomic mass is 10.1. The average molecular weight is 241 g/mol. The Hall–Kier alpha value is -2.28. The largest absolute Gasteiger partial charge is 0.496 e. The molecule has 0 saturated heterocycles. The Balaban J connectivity index is 2.73. The number of hydrogen-bond donors (Lipinski definition) is 0. The van der Waals surface area contributed by atoms with Crippen LogP contribution in [0.2, 0.25) is 0 Å². The topological polar surface area (TPSA) is 50.8 Å². The molecule has 0 bridgehead atoms. The molecule has 0 spiro atoms. The monoisotopic (exact) mass is 241 g/mol. The van der Waals surface area contributed by atoms with Gasteiger partial charge in [0.1, 0.15) is 29.0 Å². The van der Waals surface area contributed by atoms with Crippen molar-refractivity contribution in [2.75, 3.05) is 7.11 Å². The fraction of sp³-hybridized carbons (Fsp3) is 0.286. The molecule has 18 heavy (non-hydrogen) atoms. The minimum Gasteiger partial charge on any atom is -0.496 e. The van der Waals surface area contributed by atoms with Gasteiger partial charge < -0.3 is 9.30 Å². The van der Waals surface area contributed by atoms with Gasteiger partial charge in [-0.1, -0.05) is 11.6 Å². The molecule has 0 amide bonds. The molecule has 0 atom stereocenters. The Labute approximate surface area is 106 Å². The van der Waals surface area contributed by atoms with E-state index < -0.39 is 0 Å². The minimum atomic E-state index is 0.552. The number of methoxy groups -OCH3 is 1. The summed E-state index contributed by atoms with van der Waals surface area (Å²) >= 11 is 0. The van der Waals surface area contributed by atoms with Gasteiger partial charge in [-0.2, -0.15) is 5.26 Å². The number of aromatic nitrogens is 2. The van der Waals surface area contributed by atoms with Crippen molar-refractivity contribution in [2.45, 2.75) is 13.8 Å². The van der Waals surface area contributed by atoms with Crippen LogP contribution in [-0.2, 0) is 7.05 Å². The Bertz CT molecular complexity index is 635. The molecule has 0 fully saturated rings. The van der Waals surface area contributed by atoms with Gasteiger partial charge >= 0.3 is 0 Å². The second-order valence-corrected chi connectivity index (χ2v) is 4.23. The van der Waals surface area contributed by atoms with Crippen molar-refractivity contribution >= 4 is 0 Å². The molecule has 1 heterocycles. The predicted molar refractivity (Wildman–Crippen MR) is 69.4 cm³/mol. The van der Waals surface area contributed by atoms with E-state index in [2.05, 4.69) is 11.1 Å². The fourth-order valence-electron chi connectivity index (χ4n) is 1.93. The highest BCUT2D eigenvalue weighted by molar-refractivity contribution is 5.72. The zero-order valence-electron chi connectivity index (χ0n) is 11.0. The number of nitrogens with zero attached hydrogens (tertiary/aromatic N) is 3. The molecular weight excluding hydrogens is 226 g/mol. The molecule has 0 unspecified atom stereocenters. The van der Waals surface area contributed by atoms with Crippen LogP contribution >= 0.6 is 0 Å². The highest BCUT2D eigenvalue weighted by Gasteiger charge is 2.17. The number of benzene rings is 1. The van der Waals surface area contributed by atoms with E-state index in [0.717, 1.165) is 22.7 Å². The van der Waals surface area contributed by atoms with Crippen LogP contribution < -0.4 is 4.74 Å². The molecule has 0 aliphatic carbocycles. The van der Waals surface area contributed by atoms with Crippen LogP contribution in [0, 0.1) is 25.2 Å². The SMILES string of the molecule is COc1ccc(C)cc1-c1nc(C)n(C)c1C#N. The quantitative estimate of drug-likeness (QED) is 0.812. The van der Waals surface area contributed by atoms with Crippen LogP contribution in [0.3, 0.4) is 0 Å². The van der Waals surface area contributed by atoms with Gasteiger partial charge in [0.2, 0.25) is 0 Å². The normalized spacial score (nSPS) is 10.2. The summed E-state index contributed by atoms with van der Waals surface area (Å²) in [6.45, 7) is 3.89. The maximum atomic E-state index is 9.26. The molecule has 0 aliphatic rings. The average Bonchev–Trinajstić information content (AvgIpc) is 2.65. The molecule has 4 nitrogen and oxygen atoms in total. The van der Waals surface area contributed by atoms with E-state index in [4.69, 9.17) is 4.74 Å². The molecule has 4 heteroatoms. The third-order valence-electron chi connectivity index (χ3n) is 3.03. The second kappa shape index (κ2) is 4.53. The van der Waals surface area contributed by atoms with Crippen LogP contribution in [0.15, 0.2) is 18.2 Å². The van der Waals surface area contributed by atoms with Gasteiger partial charge in [-0.3, -0.25) is 0 Å². The van der Waals surface area contributed by atoms with Crippen molar-refractivity contribution in [2.24, 2.45) is 7.05 Å². The van der Waals surface area contributed by atoms with Crippen LogP contribution in [0.25, 0.3) is 11.3 Å². The standard InChI is InChI=1S/C14H15N3O/c1-9-5-6-13(18-4)11(7-9)14-12(8-15)17(3)10(2)16-14/h5-7H,1-4H3. The summed E-state index contributed by atoms with van der Waals surface area (Å²) in [5, 5.41) is 9.26. The summed E-state index contributed by atoms with van der Waals surface area (Å²) in [5.74, 6) is 1.54. The lowest BCUT2D eigenvalue weighted by molar-refractivity contribution is 0.416. The summed E-state index contributed by atoms with van der Waals surface area (Å²) in [6.07, 6.45) is 0. The maximum Gasteiger partial charge on any atom is 0.148 e. The molecule has 1 aromatic heterocycles. The minimum absolute atomic E-state index is 0.552. The van der Waals surface area contributed by atoms with E-state index in [1.807, 2.05) is 39.1 Å². The summed E-state index contributed by atoms with van der Waals surface area (Å²) in [6, 6.07) is 8.06. The van der Waals surface area contributed by atoms with Crippen molar-refractivity contribution in [3.8, 4) is 23.1 Å². The fourth-order valence-corrected chi connectivity index (χ4v) is 1.93. The molecule has 0 saturated carbocycles. The van der Waals surface area contributed by atoms with Gasteiger partial charge in [0, 0.05) is 12.6 Å². The van der Waals surface area contributed by atoms with E-state index in [1.54, 1.807) is 11.7 Å². The smallest absolute Gasteiger partial charge is 0.148 e. The van der Waals surface area contributed by atoms with Gasteiger partial charge in [-0.25, -0.2) is 4.98 Å². The molecule has 2 aromatic rings. The van der Waals surface area contributed by atoms with Crippen molar-refractivity contribution in [3.05, 3.63) is 35.3 Å². The van der Waals surface area contributed by atoms with E-state index in [-0.39, 0.29) is 0 Å². The van der Waals surface area contributed by atoms with E-state index in [9.17, 15) is 5.26 Å². The van der Waals surface area contributed by atoms with E-state index >= 15 is 0 Å². The van der Waals surface area contributed by atoms with Crippen LogP contribution in [0.1, 0.15) is 17.1 Å². The number of aryl methyl sites for hydroxylation is 2. The van der Waals surface area contributed by atoms with E-state index in [0.29, 0.717) is 11.4 Å². The summed E-state index contributed by atoms with van der Waals surface area (Å²) in [4.78, 5) is 4.46. The summed E-state index contributed by atoms with van der Waals surface area (Å²) in [7, 11) is 3.46. The van der Waals surface area contributed by atoms with Gasteiger partial charge in [0.25, 0.3) is 0 Å². The van der Waals surface area contributed by atoms with Gasteiger partial charge in [0.15, 0.2) is 0 Å². The zero-order valence-corrected chi connectivity index (χ0v) is 11.0. The van der Waals surface area contributed by atoms with Gasteiger partial charge in [0.05, 0.1) is 7.11 Å². The van der Waals surface area contributed by atoms with Crippen LogP contribution in [0.5, 0.6) is 5.75 Å². The lowest BCUT2D eigenvalue weighted by Crippen LogP contribution is -1.95. The summed E-state index contributed by atoms with van der Waals surface area (Å²) in [5.41, 5.74) is 3.20. The molecule has 92 valence electrons. The Morgan fingerprint density at radius 3 is 2.67 bits per heavy atom. The molecule has 0 radical (unpaired) electrons. The van der Waals surface area contributed by atoms with E-state index in [1.165, 1.54) is 0 Å². The number of hydrogen-bond acceptors (Lipinski definition) is 3. The van der Waals surface area contributed by atoms with Gasteiger partial charge in [-0.15, -0.1) is 0 Å². The third kappa shape index (κ3) is 1.84. The Morgan fingerprint density at radius 1 is 1.33 bits per heavy atom. The second-order valence-electron chi connectivity index (χ2n) is 4.23. The summed E-state index contributed by atoms with van der Waals surface area (Å²) < 4.78 is 7.13. The number of rotatable bonds is 2. The highest BCUT2D eigenvalue weighted by atomic mass is 16.5. The number of imidazole rings is 1. The third-order valence-corrected chi connectivity index (χ3v) is 3.03. The highest BCUT2D eigenvalue weighted by Crippen LogP contribution is 2.32.